The molecular weight excluding hydrogens is 266 g/mol. The van der Waals surface area contributed by atoms with E-state index in [0.717, 1.165) is 18.7 Å². The Kier molecular flexibility index (Phi) is 7.36. The molecule has 1 rings (SSSR count). The van der Waals surface area contributed by atoms with E-state index in [1.54, 1.807) is 6.07 Å². The highest BCUT2D eigenvalue weighted by Gasteiger charge is 2.04. The second-order valence-electron chi connectivity index (χ2n) is 3.95. The van der Waals surface area contributed by atoms with Crippen LogP contribution >= 0.6 is 35.6 Å². The molecule has 0 radical (unpaired) electrons. The average Bonchev–Trinajstić information content (AvgIpc) is 1.98. The molecule has 0 bridgehead atoms. The molecule has 1 aromatic carbocycles. The van der Waals surface area contributed by atoms with Crippen molar-refractivity contribution in [3.05, 3.63) is 33.8 Å². The van der Waals surface area contributed by atoms with Crippen molar-refractivity contribution in [2.75, 3.05) is 13.6 Å². The molecular formula is C11H17Cl3N2. The first-order chi connectivity index (χ1) is 6.97. The summed E-state index contributed by atoms with van der Waals surface area (Å²) in [6.07, 6.45) is 0. The number of likely N-dealkylation sites (N-methyl/N-ethyl adjacent to an activating group) is 1. The third-order valence-electron chi connectivity index (χ3n) is 1.97. The van der Waals surface area contributed by atoms with Gasteiger partial charge in [0.1, 0.15) is 0 Å². The van der Waals surface area contributed by atoms with E-state index in [9.17, 15) is 0 Å². The summed E-state index contributed by atoms with van der Waals surface area (Å²) in [6, 6.07) is 5.75. The summed E-state index contributed by atoms with van der Waals surface area (Å²) in [5.74, 6) is 0. The zero-order valence-electron chi connectivity index (χ0n) is 9.41. The van der Waals surface area contributed by atoms with E-state index >= 15 is 0 Å². The highest BCUT2D eigenvalue weighted by Crippen LogP contribution is 2.19. The summed E-state index contributed by atoms with van der Waals surface area (Å²) in [6.45, 7) is 3.65. The van der Waals surface area contributed by atoms with Crippen molar-refractivity contribution in [3.63, 3.8) is 0 Å². The van der Waals surface area contributed by atoms with Crippen molar-refractivity contribution < 1.29 is 0 Å². The molecule has 0 aliphatic heterocycles. The number of benzene rings is 1. The van der Waals surface area contributed by atoms with Gasteiger partial charge in [0, 0.05) is 29.2 Å². The summed E-state index contributed by atoms with van der Waals surface area (Å²) in [4.78, 5) is 2.15. The Hall–Kier alpha value is 0.01000. The van der Waals surface area contributed by atoms with Crippen LogP contribution in [0.2, 0.25) is 10.0 Å². The number of nitrogens with two attached hydrogens (primary N) is 1. The molecule has 0 saturated heterocycles. The van der Waals surface area contributed by atoms with E-state index in [4.69, 9.17) is 28.9 Å². The van der Waals surface area contributed by atoms with Crippen LogP contribution in [-0.2, 0) is 6.54 Å². The number of hydrogen-bond acceptors (Lipinski definition) is 2. The topological polar surface area (TPSA) is 29.3 Å². The largest absolute Gasteiger partial charge is 0.327 e. The lowest BCUT2D eigenvalue weighted by Gasteiger charge is -2.19. The molecule has 92 valence electrons. The first-order valence-corrected chi connectivity index (χ1v) is 5.62. The van der Waals surface area contributed by atoms with Crippen molar-refractivity contribution in [1.82, 2.24) is 4.90 Å². The quantitative estimate of drug-likeness (QED) is 0.919. The van der Waals surface area contributed by atoms with Gasteiger partial charge in [-0.1, -0.05) is 23.2 Å². The minimum Gasteiger partial charge on any atom is -0.327 e. The predicted molar refractivity (Wildman–Crippen MR) is 73.7 cm³/mol. The molecule has 0 fully saturated rings. The fourth-order valence-electron chi connectivity index (χ4n) is 1.57. The van der Waals surface area contributed by atoms with E-state index in [2.05, 4.69) is 4.90 Å². The molecule has 0 heterocycles. The lowest BCUT2D eigenvalue weighted by Crippen LogP contribution is -2.32. The normalized spacial score (nSPS) is 12.4. The monoisotopic (exact) mass is 282 g/mol. The van der Waals surface area contributed by atoms with Gasteiger partial charge >= 0.3 is 0 Å². The maximum atomic E-state index is 5.91. The zero-order chi connectivity index (χ0) is 11.4. The van der Waals surface area contributed by atoms with Gasteiger partial charge in [0.05, 0.1) is 0 Å². The van der Waals surface area contributed by atoms with Gasteiger partial charge in [0.2, 0.25) is 0 Å². The maximum absolute atomic E-state index is 5.91. The van der Waals surface area contributed by atoms with Gasteiger partial charge in [-0.25, -0.2) is 0 Å². The molecule has 1 aromatic rings. The first-order valence-electron chi connectivity index (χ1n) is 4.86. The van der Waals surface area contributed by atoms with E-state index in [1.165, 1.54) is 0 Å². The number of hydrogen-bond donors (Lipinski definition) is 1. The predicted octanol–water partition coefficient (Wildman–Crippen LogP) is 3.19. The van der Waals surface area contributed by atoms with Gasteiger partial charge in [-0.05, 0) is 37.7 Å². The molecule has 0 amide bonds. The van der Waals surface area contributed by atoms with Crippen molar-refractivity contribution >= 4 is 35.6 Å². The Morgan fingerprint density at radius 2 is 1.75 bits per heavy atom. The fraction of sp³-hybridized carbons (Fsp3) is 0.455. The summed E-state index contributed by atoms with van der Waals surface area (Å²) >= 11 is 11.8. The minimum absolute atomic E-state index is 0. The smallest absolute Gasteiger partial charge is 0.0424 e. The van der Waals surface area contributed by atoms with Crippen LogP contribution in [0.5, 0.6) is 0 Å². The van der Waals surface area contributed by atoms with Crippen LogP contribution in [0.25, 0.3) is 0 Å². The van der Waals surface area contributed by atoms with Crippen LogP contribution < -0.4 is 5.73 Å². The second kappa shape index (κ2) is 7.36. The molecule has 0 saturated carbocycles. The van der Waals surface area contributed by atoms with Gasteiger partial charge in [0.25, 0.3) is 0 Å². The van der Waals surface area contributed by atoms with E-state index in [0.29, 0.717) is 10.0 Å². The third-order valence-corrected chi connectivity index (χ3v) is 2.41. The fourth-order valence-corrected chi connectivity index (χ4v) is 2.14. The van der Waals surface area contributed by atoms with E-state index < -0.39 is 0 Å². The molecule has 0 aliphatic carbocycles. The van der Waals surface area contributed by atoms with Gasteiger partial charge in [-0.2, -0.15) is 0 Å². The molecule has 5 heteroatoms. The molecule has 0 aromatic heterocycles. The number of halogens is 3. The molecule has 0 spiro atoms. The highest BCUT2D eigenvalue weighted by molar-refractivity contribution is 6.34. The Morgan fingerprint density at radius 1 is 1.25 bits per heavy atom. The van der Waals surface area contributed by atoms with Gasteiger partial charge in [-0.15, -0.1) is 12.4 Å². The Balaban J connectivity index is 0.00000225. The summed E-state index contributed by atoms with van der Waals surface area (Å²) in [5, 5.41) is 1.35. The molecule has 2 nitrogen and oxygen atoms in total. The van der Waals surface area contributed by atoms with Crippen LogP contribution in [0.4, 0.5) is 0 Å². The van der Waals surface area contributed by atoms with Crippen molar-refractivity contribution in [2.45, 2.75) is 19.5 Å². The molecule has 0 aliphatic rings. The second-order valence-corrected chi connectivity index (χ2v) is 4.82. The van der Waals surface area contributed by atoms with Crippen LogP contribution in [0, 0.1) is 0 Å². The minimum atomic E-state index is 0. The Bertz CT molecular complexity index is 309. The Labute approximate surface area is 113 Å². The summed E-state index contributed by atoms with van der Waals surface area (Å²) in [5.41, 5.74) is 6.82. The SMILES string of the molecule is CC(N)CN(C)Cc1cc(Cl)cc(Cl)c1.Cl. The highest BCUT2D eigenvalue weighted by atomic mass is 35.5. The van der Waals surface area contributed by atoms with Crippen molar-refractivity contribution in [1.29, 1.82) is 0 Å². The van der Waals surface area contributed by atoms with Crippen LogP contribution in [0.3, 0.4) is 0 Å². The molecule has 16 heavy (non-hydrogen) atoms. The van der Waals surface area contributed by atoms with Crippen molar-refractivity contribution in [3.8, 4) is 0 Å². The average molecular weight is 284 g/mol. The van der Waals surface area contributed by atoms with Crippen molar-refractivity contribution in [2.24, 2.45) is 5.73 Å². The lowest BCUT2D eigenvalue weighted by atomic mass is 10.2. The summed E-state index contributed by atoms with van der Waals surface area (Å²) < 4.78 is 0. The summed E-state index contributed by atoms with van der Waals surface area (Å²) in [7, 11) is 2.03. The number of rotatable bonds is 4. The van der Waals surface area contributed by atoms with Crippen LogP contribution in [-0.4, -0.2) is 24.5 Å². The van der Waals surface area contributed by atoms with Crippen LogP contribution in [0.1, 0.15) is 12.5 Å². The lowest BCUT2D eigenvalue weighted by molar-refractivity contribution is 0.310. The number of nitrogens with zero attached hydrogens (tertiary/aromatic N) is 1. The van der Waals surface area contributed by atoms with Crippen LogP contribution in [0.15, 0.2) is 18.2 Å². The van der Waals surface area contributed by atoms with E-state index in [-0.39, 0.29) is 18.4 Å². The third kappa shape index (κ3) is 5.92. The van der Waals surface area contributed by atoms with Gasteiger partial charge in [-0.3, -0.25) is 0 Å². The van der Waals surface area contributed by atoms with Gasteiger partial charge in [0.15, 0.2) is 0 Å². The maximum Gasteiger partial charge on any atom is 0.0424 e. The standard InChI is InChI=1S/C11H16Cl2N2.ClH/c1-8(14)6-15(2)7-9-3-10(12)5-11(13)4-9;/h3-5,8H,6-7,14H2,1-2H3;1H. The van der Waals surface area contributed by atoms with E-state index in [1.807, 2.05) is 26.1 Å². The zero-order valence-corrected chi connectivity index (χ0v) is 11.7. The molecule has 1 atom stereocenters. The first kappa shape index (κ1) is 16.0. The Morgan fingerprint density at radius 3 is 2.19 bits per heavy atom. The molecule has 1 unspecified atom stereocenters. The van der Waals surface area contributed by atoms with Gasteiger partial charge < -0.3 is 10.6 Å². The molecule has 2 N–H and O–H groups in total.